The van der Waals surface area contributed by atoms with Gasteiger partial charge in [0.15, 0.2) is 5.78 Å². The highest BCUT2D eigenvalue weighted by Gasteiger charge is 2.11. The third-order valence-corrected chi connectivity index (χ3v) is 4.48. The Bertz CT molecular complexity index is 647. The minimum Gasteiger partial charge on any atom is -0.356 e. The molecule has 1 heterocycles. The van der Waals surface area contributed by atoms with Gasteiger partial charge in [-0.2, -0.15) is 0 Å². The van der Waals surface area contributed by atoms with Crippen LogP contribution in [0.3, 0.4) is 0 Å². The van der Waals surface area contributed by atoms with Gasteiger partial charge in [0.1, 0.15) is 0 Å². The molecule has 1 N–H and O–H groups in total. The first-order chi connectivity index (χ1) is 10.6. The second-order valence-corrected chi connectivity index (χ2v) is 6.45. The van der Waals surface area contributed by atoms with Crippen molar-refractivity contribution in [3.05, 3.63) is 57.3 Å². The van der Waals surface area contributed by atoms with E-state index in [0.717, 1.165) is 23.1 Å². The molecule has 0 aliphatic rings. The Hall–Kier alpha value is -1.94. The number of rotatable bonds is 7. The predicted octanol–water partition coefficient (Wildman–Crippen LogP) is 3.69. The molecule has 4 heteroatoms. The van der Waals surface area contributed by atoms with Crippen molar-refractivity contribution in [2.75, 3.05) is 6.54 Å². The van der Waals surface area contributed by atoms with Crippen LogP contribution in [0, 0.1) is 13.8 Å². The topological polar surface area (TPSA) is 46.2 Å². The zero-order valence-corrected chi connectivity index (χ0v) is 13.8. The second-order valence-electron chi connectivity index (χ2n) is 5.42. The minimum absolute atomic E-state index is 0.0367. The van der Waals surface area contributed by atoms with Gasteiger partial charge in [0.2, 0.25) is 5.91 Å². The molecule has 0 unspecified atom stereocenters. The lowest BCUT2D eigenvalue weighted by Gasteiger charge is -2.07. The number of benzene rings is 1. The van der Waals surface area contributed by atoms with E-state index in [1.807, 2.05) is 43.5 Å². The molecule has 3 nitrogen and oxygen atoms in total. The standard InChI is InChI=1S/C18H21NO2S/c1-13-5-6-14(2)16(12-13)17(20)7-8-18(21)19-10-9-15-4-3-11-22-15/h3-6,11-12H,7-10H2,1-2H3,(H,19,21). The Balaban J connectivity index is 1.75. The molecule has 0 spiro atoms. The van der Waals surface area contributed by atoms with Crippen LogP contribution < -0.4 is 5.32 Å². The number of amides is 1. The summed E-state index contributed by atoms with van der Waals surface area (Å²) < 4.78 is 0. The number of aryl methyl sites for hydroxylation is 2. The van der Waals surface area contributed by atoms with Crippen LogP contribution in [0.1, 0.15) is 39.2 Å². The van der Waals surface area contributed by atoms with Crippen LogP contribution in [0.25, 0.3) is 0 Å². The molecule has 2 rings (SSSR count). The zero-order valence-electron chi connectivity index (χ0n) is 13.0. The highest BCUT2D eigenvalue weighted by molar-refractivity contribution is 7.09. The maximum absolute atomic E-state index is 12.2. The molecule has 116 valence electrons. The highest BCUT2D eigenvalue weighted by Crippen LogP contribution is 2.14. The quantitative estimate of drug-likeness (QED) is 0.792. The molecule has 0 aliphatic heterocycles. The van der Waals surface area contributed by atoms with Gasteiger partial charge in [-0.25, -0.2) is 0 Å². The summed E-state index contributed by atoms with van der Waals surface area (Å²) in [5.41, 5.74) is 2.76. The maximum atomic E-state index is 12.2. The van der Waals surface area contributed by atoms with Gasteiger partial charge >= 0.3 is 0 Å². The van der Waals surface area contributed by atoms with Crippen LogP contribution in [0.5, 0.6) is 0 Å². The molecule has 1 amide bonds. The molecule has 0 fully saturated rings. The number of Topliss-reactive ketones (excluding diaryl/α,β-unsaturated/α-hetero) is 1. The van der Waals surface area contributed by atoms with Gasteiger partial charge < -0.3 is 5.32 Å². The van der Waals surface area contributed by atoms with E-state index in [1.54, 1.807) is 11.3 Å². The van der Waals surface area contributed by atoms with Gasteiger partial charge in [0.05, 0.1) is 0 Å². The Labute approximate surface area is 135 Å². The highest BCUT2D eigenvalue weighted by atomic mass is 32.1. The average molecular weight is 315 g/mol. The molecular formula is C18H21NO2S. The maximum Gasteiger partial charge on any atom is 0.220 e. The van der Waals surface area contributed by atoms with Crippen LogP contribution in [0.15, 0.2) is 35.7 Å². The number of ketones is 1. The van der Waals surface area contributed by atoms with E-state index >= 15 is 0 Å². The van der Waals surface area contributed by atoms with Crippen LogP contribution in [0.2, 0.25) is 0 Å². The fourth-order valence-electron chi connectivity index (χ4n) is 2.27. The summed E-state index contributed by atoms with van der Waals surface area (Å²) in [6, 6.07) is 9.89. The molecule has 2 aromatic rings. The summed E-state index contributed by atoms with van der Waals surface area (Å²) in [5.74, 6) is -0.0233. The minimum atomic E-state index is -0.0600. The average Bonchev–Trinajstić information content (AvgIpc) is 3.00. The van der Waals surface area contributed by atoms with E-state index in [2.05, 4.69) is 11.4 Å². The van der Waals surface area contributed by atoms with E-state index in [4.69, 9.17) is 0 Å². The lowest BCUT2D eigenvalue weighted by molar-refractivity contribution is -0.121. The SMILES string of the molecule is Cc1ccc(C)c(C(=O)CCC(=O)NCCc2cccs2)c1. The molecule has 22 heavy (non-hydrogen) atoms. The summed E-state index contributed by atoms with van der Waals surface area (Å²) >= 11 is 1.69. The third-order valence-electron chi connectivity index (χ3n) is 3.55. The van der Waals surface area contributed by atoms with E-state index < -0.39 is 0 Å². The molecule has 0 atom stereocenters. The van der Waals surface area contributed by atoms with Crippen molar-refractivity contribution in [1.29, 1.82) is 0 Å². The van der Waals surface area contributed by atoms with Crippen molar-refractivity contribution < 1.29 is 9.59 Å². The first-order valence-electron chi connectivity index (χ1n) is 7.46. The summed E-state index contributed by atoms with van der Waals surface area (Å²) in [6.07, 6.45) is 1.35. The number of carbonyl (C=O) groups excluding carboxylic acids is 2. The van der Waals surface area contributed by atoms with E-state index in [9.17, 15) is 9.59 Å². The van der Waals surface area contributed by atoms with Crippen molar-refractivity contribution in [3.63, 3.8) is 0 Å². The van der Waals surface area contributed by atoms with Crippen molar-refractivity contribution in [2.45, 2.75) is 33.1 Å². The number of carbonyl (C=O) groups is 2. The molecule has 0 radical (unpaired) electrons. The van der Waals surface area contributed by atoms with Crippen LogP contribution in [-0.4, -0.2) is 18.2 Å². The van der Waals surface area contributed by atoms with Crippen LogP contribution in [-0.2, 0) is 11.2 Å². The Morgan fingerprint density at radius 3 is 2.68 bits per heavy atom. The van der Waals surface area contributed by atoms with Crippen LogP contribution >= 0.6 is 11.3 Å². The van der Waals surface area contributed by atoms with Crippen molar-refractivity contribution in [1.82, 2.24) is 5.32 Å². The van der Waals surface area contributed by atoms with Crippen molar-refractivity contribution in [2.24, 2.45) is 0 Å². The summed E-state index contributed by atoms with van der Waals surface area (Å²) in [6.45, 7) is 4.51. The fraction of sp³-hybridized carbons (Fsp3) is 0.333. The van der Waals surface area contributed by atoms with E-state index in [0.29, 0.717) is 6.54 Å². The number of hydrogen-bond donors (Lipinski definition) is 1. The molecule has 1 aromatic carbocycles. The van der Waals surface area contributed by atoms with Crippen molar-refractivity contribution >= 4 is 23.0 Å². The molecule has 0 saturated heterocycles. The predicted molar refractivity (Wildman–Crippen MR) is 90.5 cm³/mol. The summed E-state index contributed by atoms with van der Waals surface area (Å²) in [4.78, 5) is 25.3. The zero-order chi connectivity index (χ0) is 15.9. The van der Waals surface area contributed by atoms with Gasteiger partial charge in [-0.05, 0) is 43.3 Å². The molecule has 0 saturated carbocycles. The Morgan fingerprint density at radius 1 is 1.14 bits per heavy atom. The van der Waals surface area contributed by atoms with Gasteiger partial charge in [-0.1, -0.05) is 23.8 Å². The number of nitrogens with one attached hydrogen (secondary N) is 1. The Kier molecular flexibility index (Phi) is 5.90. The second kappa shape index (κ2) is 7.90. The third kappa shape index (κ3) is 4.81. The Morgan fingerprint density at radius 2 is 1.95 bits per heavy atom. The van der Waals surface area contributed by atoms with Gasteiger partial charge in [0.25, 0.3) is 0 Å². The van der Waals surface area contributed by atoms with Gasteiger partial charge in [-0.15, -0.1) is 11.3 Å². The molecule has 0 bridgehead atoms. The molecule has 1 aromatic heterocycles. The lowest BCUT2D eigenvalue weighted by atomic mass is 9.99. The van der Waals surface area contributed by atoms with Crippen molar-refractivity contribution in [3.8, 4) is 0 Å². The largest absolute Gasteiger partial charge is 0.356 e. The van der Waals surface area contributed by atoms with E-state index in [1.165, 1.54) is 4.88 Å². The lowest BCUT2D eigenvalue weighted by Crippen LogP contribution is -2.25. The fourth-order valence-corrected chi connectivity index (χ4v) is 2.98. The van der Waals surface area contributed by atoms with Gasteiger partial charge in [-0.3, -0.25) is 9.59 Å². The van der Waals surface area contributed by atoms with Crippen LogP contribution in [0.4, 0.5) is 0 Å². The summed E-state index contributed by atoms with van der Waals surface area (Å²) in [5, 5.41) is 4.90. The molecular weight excluding hydrogens is 294 g/mol. The van der Waals surface area contributed by atoms with E-state index in [-0.39, 0.29) is 24.5 Å². The van der Waals surface area contributed by atoms with Gasteiger partial charge in [0, 0.05) is 29.8 Å². The first kappa shape index (κ1) is 16.4. The first-order valence-corrected chi connectivity index (χ1v) is 8.34. The monoisotopic (exact) mass is 315 g/mol. The number of hydrogen-bond acceptors (Lipinski definition) is 3. The smallest absolute Gasteiger partial charge is 0.220 e. The molecule has 0 aliphatic carbocycles. The number of thiophene rings is 1. The normalized spacial score (nSPS) is 10.5. The summed E-state index contributed by atoms with van der Waals surface area (Å²) in [7, 11) is 0.